The molecule has 1 aliphatic rings. The lowest BCUT2D eigenvalue weighted by molar-refractivity contribution is -0.697. The van der Waals surface area contributed by atoms with E-state index in [9.17, 15) is 0 Å². The minimum atomic E-state index is 0.349. The Hall–Kier alpha value is -0.930. The van der Waals surface area contributed by atoms with Gasteiger partial charge < -0.3 is 9.47 Å². The van der Waals surface area contributed by atoms with Crippen molar-refractivity contribution in [2.75, 3.05) is 19.8 Å². The fourth-order valence-electron chi connectivity index (χ4n) is 5.02. The second-order valence-corrected chi connectivity index (χ2v) is 10.3. The summed E-state index contributed by atoms with van der Waals surface area (Å²) in [6.45, 7) is 6.07. The summed E-state index contributed by atoms with van der Waals surface area (Å²) >= 11 is 0. The summed E-state index contributed by atoms with van der Waals surface area (Å²) < 4.78 is 14.2. The SMILES string of the molecule is CCCCCCCCCCCCCC[C@H]1CO[C@H](COCCCCCC[n+]2ccccc2)C1. The van der Waals surface area contributed by atoms with Crippen molar-refractivity contribution in [3.8, 4) is 0 Å². The van der Waals surface area contributed by atoms with Crippen LogP contribution < -0.4 is 4.57 Å². The summed E-state index contributed by atoms with van der Waals surface area (Å²) in [6, 6.07) is 6.27. The Labute approximate surface area is 205 Å². The molecule has 0 N–H and O–H groups in total. The highest BCUT2D eigenvalue weighted by atomic mass is 16.5. The lowest BCUT2D eigenvalue weighted by Gasteiger charge is -2.10. The van der Waals surface area contributed by atoms with E-state index in [0.717, 1.165) is 32.3 Å². The molecule has 33 heavy (non-hydrogen) atoms. The molecule has 0 aliphatic carbocycles. The van der Waals surface area contributed by atoms with Gasteiger partial charge in [-0.05, 0) is 31.6 Å². The van der Waals surface area contributed by atoms with Crippen molar-refractivity contribution < 1.29 is 14.0 Å². The Bertz CT molecular complexity index is 535. The van der Waals surface area contributed by atoms with Gasteiger partial charge in [0.1, 0.15) is 6.54 Å². The van der Waals surface area contributed by atoms with Crippen LogP contribution in [-0.4, -0.2) is 25.9 Å². The maximum Gasteiger partial charge on any atom is 0.168 e. The maximum absolute atomic E-state index is 5.99. The molecule has 0 spiro atoms. The molecule has 3 heteroatoms. The van der Waals surface area contributed by atoms with Crippen molar-refractivity contribution in [1.82, 2.24) is 0 Å². The molecule has 1 saturated heterocycles. The quantitative estimate of drug-likeness (QED) is 0.129. The number of aromatic nitrogens is 1. The van der Waals surface area contributed by atoms with E-state index in [1.807, 2.05) is 0 Å². The summed E-state index contributed by atoms with van der Waals surface area (Å²) in [6.07, 6.45) is 29.4. The molecule has 0 saturated carbocycles. The average molecular weight is 461 g/mol. The van der Waals surface area contributed by atoms with E-state index >= 15 is 0 Å². The van der Waals surface area contributed by atoms with Gasteiger partial charge in [0.15, 0.2) is 12.4 Å². The van der Waals surface area contributed by atoms with Crippen LogP contribution in [0.2, 0.25) is 0 Å². The molecule has 1 aromatic rings. The summed E-state index contributed by atoms with van der Waals surface area (Å²) in [7, 11) is 0. The molecule has 3 nitrogen and oxygen atoms in total. The first-order valence-electron chi connectivity index (χ1n) is 14.5. The van der Waals surface area contributed by atoms with Crippen LogP contribution in [0.1, 0.15) is 122 Å². The van der Waals surface area contributed by atoms with E-state index in [2.05, 4.69) is 42.1 Å². The molecule has 1 aromatic heterocycles. The molecule has 0 amide bonds. The Balaban J connectivity index is 1.29. The van der Waals surface area contributed by atoms with Crippen molar-refractivity contribution in [2.45, 2.75) is 135 Å². The Morgan fingerprint density at radius 3 is 2.03 bits per heavy atom. The largest absolute Gasteiger partial charge is 0.379 e. The molecule has 2 atom stereocenters. The summed E-state index contributed by atoms with van der Waals surface area (Å²) in [5, 5.41) is 0. The fraction of sp³-hybridized carbons (Fsp3) is 0.833. The van der Waals surface area contributed by atoms with Crippen molar-refractivity contribution >= 4 is 0 Å². The first-order chi connectivity index (χ1) is 16.4. The molecule has 0 radical (unpaired) electrons. The van der Waals surface area contributed by atoms with E-state index in [1.165, 1.54) is 116 Å². The Kier molecular flexibility index (Phi) is 17.5. The third-order valence-corrected chi connectivity index (χ3v) is 7.17. The molecule has 1 fully saturated rings. The maximum atomic E-state index is 5.99. The van der Waals surface area contributed by atoms with Crippen molar-refractivity contribution in [3.63, 3.8) is 0 Å². The van der Waals surface area contributed by atoms with Gasteiger partial charge in [0.2, 0.25) is 0 Å². The van der Waals surface area contributed by atoms with Gasteiger partial charge in [0, 0.05) is 31.8 Å². The van der Waals surface area contributed by atoms with Crippen LogP contribution in [0.4, 0.5) is 0 Å². The summed E-state index contributed by atoms with van der Waals surface area (Å²) in [4.78, 5) is 0. The molecule has 0 bridgehead atoms. The van der Waals surface area contributed by atoms with Gasteiger partial charge in [0.25, 0.3) is 0 Å². The number of hydrogen-bond acceptors (Lipinski definition) is 2. The van der Waals surface area contributed by atoms with E-state index in [4.69, 9.17) is 9.47 Å². The van der Waals surface area contributed by atoms with Gasteiger partial charge in [0.05, 0.1) is 12.7 Å². The lowest BCUT2D eigenvalue weighted by Crippen LogP contribution is -2.32. The molecule has 0 unspecified atom stereocenters. The van der Waals surface area contributed by atoms with Gasteiger partial charge in [-0.2, -0.15) is 0 Å². The van der Waals surface area contributed by atoms with Gasteiger partial charge in [-0.3, -0.25) is 0 Å². The van der Waals surface area contributed by atoms with Crippen molar-refractivity contribution in [3.05, 3.63) is 30.6 Å². The summed E-state index contributed by atoms with van der Waals surface area (Å²) in [5.74, 6) is 0.775. The zero-order valence-corrected chi connectivity index (χ0v) is 21.9. The molecular weight excluding hydrogens is 406 g/mol. The number of ether oxygens (including phenoxy) is 2. The predicted molar refractivity (Wildman–Crippen MR) is 139 cm³/mol. The van der Waals surface area contributed by atoms with Crippen molar-refractivity contribution in [2.24, 2.45) is 5.92 Å². The van der Waals surface area contributed by atoms with Crippen LogP contribution in [0, 0.1) is 5.92 Å². The number of aryl methyl sites for hydroxylation is 1. The van der Waals surface area contributed by atoms with Gasteiger partial charge >= 0.3 is 0 Å². The predicted octanol–water partition coefficient (Wildman–Crippen LogP) is 8.05. The smallest absolute Gasteiger partial charge is 0.168 e. The highest BCUT2D eigenvalue weighted by Crippen LogP contribution is 2.25. The average Bonchev–Trinajstić information content (AvgIpc) is 3.29. The third kappa shape index (κ3) is 15.6. The van der Waals surface area contributed by atoms with E-state index in [0.29, 0.717) is 6.10 Å². The van der Waals surface area contributed by atoms with Gasteiger partial charge in [-0.1, -0.05) is 96.5 Å². The number of rotatable bonds is 22. The minimum Gasteiger partial charge on any atom is -0.379 e. The van der Waals surface area contributed by atoms with Gasteiger partial charge in [-0.15, -0.1) is 0 Å². The normalized spacial score (nSPS) is 18.2. The van der Waals surface area contributed by atoms with Crippen LogP contribution in [0.25, 0.3) is 0 Å². The second kappa shape index (κ2) is 20.4. The van der Waals surface area contributed by atoms with Crippen LogP contribution in [0.15, 0.2) is 30.6 Å². The molecule has 190 valence electrons. The third-order valence-electron chi connectivity index (χ3n) is 7.17. The fourth-order valence-corrected chi connectivity index (χ4v) is 5.02. The van der Waals surface area contributed by atoms with Crippen LogP contribution in [0.3, 0.4) is 0 Å². The molecular formula is C30H54NO2+. The minimum absolute atomic E-state index is 0.349. The Morgan fingerprint density at radius 1 is 0.727 bits per heavy atom. The second-order valence-electron chi connectivity index (χ2n) is 10.3. The number of hydrogen-bond donors (Lipinski definition) is 0. The van der Waals surface area contributed by atoms with Crippen molar-refractivity contribution in [1.29, 1.82) is 0 Å². The number of unbranched alkanes of at least 4 members (excludes halogenated alkanes) is 14. The Morgan fingerprint density at radius 2 is 1.33 bits per heavy atom. The highest BCUT2D eigenvalue weighted by Gasteiger charge is 2.24. The van der Waals surface area contributed by atoms with Gasteiger partial charge in [-0.25, -0.2) is 4.57 Å². The van der Waals surface area contributed by atoms with E-state index < -0.39 is 0 Å². The number of pyridine rings is 1. The van der Waals surface area contributed by atoms with Crippen LogP contribution in [-0.2, 0) is 16.0 Å². The highest BCUT2D eigenvalue weighted by molar-refractivity contribution is 4.83. The van der Waals surface area contributed by atoms with E-state index in [1.54, 1.807) is 0 Å². The zero-order chi connectivity index (χ0) is 23.2. The van der Waals surface area contributed by atoms with Crippen LogP contribution >= 0.6 is 0 Å². The first-order valence-corrected chi connectivity index (χ1v) is 14.5. The molecule has 1 aliphatic heterocycles. The molecule has 2 rings (SSSR count). The van der Waals surface area contributed by atoms with Crippen LogP contribution in [0.5, 0.6) is 0 Å². The molecule has 2 heterocycles. The zero-order valence-electron chi connectivity index (χ0n) is 21.9. The number of nitrogens with zero attached hydrogens (tertiary/aromatic N) is 1. The monoisotopic (exact) mass is 460 g/mol. The molecule has 0 aromatic carbocycles. The summed E-state index contributed by atoms with van der Waals surface area (Å²) in [5.41, 5.74) is 0. The standard InChI is InChI=1S/C30H54NO2/c1-2-3-4-5-6-7-8-9-10-11-12-16-21-29-26-30(33-27-29)28-32-25-20-14-13-17-22-31-23-18-15-19-24-31/h15,18-19,23-24,29-30H,2-14,16-17,20-22,25-28H2,1H3/q+1/t29-,30+/m1/s1. The van der Waals surface area contributed by atoms with E-state index in [-0.39, 0.29) is 0 Å². The first kappa shape index (κ1) is 28.3. The lowest BCUT2D eigenvalue weighted by atomic mass is 9.97. The topological polar surface area (TPSA) is 22.3 Å².